The number of imidazole rings is 1. The summed E-state index contributed by atoms with van der Waals surface area (Å²) >= 11 is 0. The lowest BCUT2D eigenvalue weighted by molar-refractivity contribution is 0.0636. The summed E-state index contributed by atoms with van der Waals surface area (Å²) in [6.07, 6.45) is 7.53. The highest BCUT2D eigenvalue weighted by Crippen LogP contribution is 2.25. The van der Waals surface area contributed by atoms with E-state index in [9.17, 15) is 4.79 Å². The second kappa shape index (κ2) is 8.50. The standard InChI is InChI=1S/C24H28N4O2/c1-7-10-21-17(3)26-22-20(13-9-14-28(21)22)25-15-18-16(2)11-8-12-19(18)27-23(29)30-24(4,5)6/h1,8-9,11-14,25H,10,15H2,2-6H3,(H,27,29). The Bertz CT molecular complexity index is 1120. The van der Waals surface area contributed by atoms with Crippen LogP contribution in [0.4, 0.5) is 16.2 Å². The van der Waals surface area contributed by atoms with E-state index in [2.05, 4.69) is 16.6 Å². The van der Waals surface area contributed by atoms with Crippen molar-refractivity contribution in [2.45, 2.75) is 53.2 Å². The van der Waals surface area contributed by atoms with Gasteiger partial charge in [-0.05, 0) is 63.9 Å². The highest BCUT2D eigenvalue weighted by Gasteiger charge is 2.18. The van der Waals surface area contributed by atoms with Crippen LogP contribution in [-0.2, 0) is 17.7 Å². The van der Waals surface area contributed by atoms with Gasteiger partial charge in [-0.15, -0.1) is 12.3 Å². The van der Waals surface area contributed by atoms with Crippen LogP contribution in [0.2, 0.25) is 0 Å². The Kier molecular flexibility index (Phi) is 6.02. The van der Waals surface area contributed by atoms with Gasteiger partial charge in [0.1, 0.15) is 5.60 Å². The molecule has 0 saturated carbocycles. The first-order valence-electron chi connectivity index (χ1n) is 9.92. The number of hydrogen-bond acceptors (Lipinski definition) is 4. The van der Waals surface area contributed by atoms with E-state index in [0.717, 1.165) is 39.5 Å². The summed E-state index contributed by atoms with van der Waals surface area (Å²) in [7, 11) is 0. The lowest BCUT2D eigenvalue weighted by atomic mass is 10.1. The number of hydrogen-bond donors (Lipinski definition) is 2. The van der Waals surface area contributed by atoms with E-state index in [-0.39, 0.29) is 0 Å². The molecular weight excluding hydrogens is 376 g/mol. The molecule has 2 heterocycles. The average molecular weight is 405 g/mol. The molecule has 0 fully saturated rings. The summed E-state index contributed by atoms with van der Waals surface area (Å²) in [6.45, 7) is 10.0. The number of carbonyl (C=O) groups excluding carboxylic acids is 1. The number of pyridine rings is 1. The molecule has 0 radical (unpaired) electrons. The molecule has 0 aliphatic carbocycles. The molecule has 0 saturated heterocycles. The molecule has 30 heavy (non-hydrogen) atoms. The normalized spacial score (nSPS) is 11.2. The second-order valence-corrected chi connectivity index (χ2v) is 8.22. The van der Waals surface area contributed by atoms with E-state index in [1.807, 2.05) is 75.5 Å². The molecule has 1 amide bonds. The molecule has 0 spiro atoms. The van der Waals surface area contributed by atoms with Gasteiger partial charge in [0.2, 0.25) is 0 Å². The number of fused-ring (bicyclic) bond motifs is 1. The minimum absolute atomic E-state index is 0.473. The van der Waals surface area contributed by atoms with Gasteiger partial charge in [0.25, 0.3) is 0 Å². The van der Waals surface area contributed by atoms with Gasteiger partial charge in [0, 0.05) is 18.4 Å². The lowest BCUT2D eigenvalue weighted by Crippen LogP contribution is -2.27. The van der Waals surface area contributed by atoms with Crippen LogP contribution in [0.5, 0.6) is 0 Å². The first-order chi connectivity index (χ1) is 14.2. The van der Waals surface area contributed by atoms with Gasteiger partial charge in [0.15, 0.2) is 5.65 Å². The number of nitrogens with zero attached hydrogens (tertiary/aromatic N) is 2. The Morgan fingerprint density at radius 1 is 1.20 bits per heavy atom. The highest BCUT2D eigenvalue weighted by molar-refractivity contribution is 5.86. The van der Waals surface area contributed by atoms with Crippen molar-refractivity contribution in [3.63, 3.8) is 0 Å². The highest BCUT2D eigenvalue weighted by atomic mass is 16.6. The summed E-state index contributed by atoms with van der Waals surface area (Å²) in [6, 6.07) is 9.76. The van der Waals surface area contributed by atoms with Crippen molar-refractivity contribution in [3.05, 3.63) is 59.0 Å². The Labute approximate surface area is 177 Å². The maximum absolute atomic E-state index is 12.3. The minimum atomic E-state index is -0.559. The van der Waals surface area contributed by atoms with Gasteiger partial charge in [-0.2, -0.15) is 0 Å². The van der Waals surface area contributed by atoms with Crippen LogP contribution in [0.25, 0.3) is 5.65 Å². The van der Waals surface area contributed by atoms with Crippen LogP contribution in [0, 0.1) is 26.2 Å². The molecule has 3 aromatic rings. The maximum Gasteiger partial charge on any atom is 0.412 e. The maximum atomic E-state index is 12.3. The Balaban J connectivity index is 1.85. The molecule has 3 rings (SSSR count). The van der Waals surface area contributed by atoms with Crippen molar-refractivity contribution in [2.75, 3.05) is 10.6 Å². The largest absolute Gasteiger partial charge is 0.444 e. The Morgan fingerprint density at radius 3 is 2.63 bits per heavy atom. The number of aryl methyl sites for hydroxylation is 2. The Morgan fingerprint density at radius 2 is 1.93 bits per heavy atom. The van der Waals surface area contributed by atoms with Crippen molar-refractivity contribution in [3.8, 4) is 12.3 Å². The number of aromatic nitrogens is 2. The number of carbonyl (C=O) groups is 1. The molecule has 0 atom stereocenters. The smallest absolute Gasteiger partial charge is 0.412 e. The number of benzene rings is 1. The number of rotatable bonds is 5. The van der Waals surface area contributed by atoms with Crippen LogP contribution in [0.15, 0.2) is 36.5 Å². The van der Waals surface area contributed by atoms with Gasteiger partial charge in [-0.25, -0.2) is 9.78 Å². The van der Waals surface area contributed by atoms with Gasteiger partial charge >= 0.3 is 6.09 Å². The lowest BCUT2D eigenvalue weighted by Gasteiger charge is -2.21. The van der Waals surface area contributed by atoms with E-state index in [1.165, 1.54) is 0 Å². The fourth-order valence-electron chi connectivity index (χ4n) is 3.33. The molecule has 0 unspecified atom stereocenters. The van der Waals surface area contributed by atoms with E-state index in [4.69, 9.17) is 16.1 Å². The van der Waals surface area contributed by atoms with Crippen LogP contribution in [0.1, 0.15) is 43.3 Å². The molecule has 156 valence electrons. The third-order valence-corrected chi connectivity index (χ3v) is 4.72. The molecule has 2 N–H and O–H groups in total. The zero-order valence-corrected chi connectivity index (χ0v) is 18.2. The number of nitrogens with one attached hydrogen (secondary N) is 2. The monoisotopic (exact) mass is 404 g/mol. The van der Waals surface area contributed by atoms with Crippen molar-refractivity contribution in [2.24, 2.45) is 0 Å². The van der Waals surface area contributed by atoms with E-state index in [0.29, 0.717) is 13.0 Å². The number of anilines is 2. The second-order valence-electron chi connectivity index (χ2n) is 8.22. The van der Waals surface area contributed by atoms with Crippen molar-refractivity contribution >= 4 is 23.1 Å². The molecular formula is C24H28N4O2. The fraction of sp³-hybridized carbons (Fsp3) is 0.333. The number of ether oxygens (including phenoxy) is 1. The van der Waals surface area contributed by atoms with Gasteiger partial charge in [-0.3, -0.25) is 5.32 Å². The SMILES string of the molecule is C#CCc1c(C)nc2c(NCc3c(C)cccc3NC(=O)OC(C)(C)C)cccn12. The molecule has 6 heteroatoms. The number of terminal acetylenes is 1. The third-order valence-electron chi connectivity index (χ3n) is 4.72. The Hall–Kier alpha value is -3.46. The predicted molar refractivity (Wildman–Crippen MR) is 121 cm³/mol. The van der Waals surface area contributed by atoms with E-state index in [1.54, 1.807) is 0 Å². The van der Waals surface area contributed by atoms with Crippen molar-refractivity contribution in [1.29, 1.82) is 0 Å². The quantitative estimate of drug-likeness (QED) is 0.582. The summed E-state index contributed by atoms with van der Waals surface area (Å²) in [4.78, 5) is 17.0. The topological polar surface area (TPSA) is 67.7 Å². The molecule has 0 bridgehead atoms. The van der Waals surface area contributed by atoms with Crippen LogP contribution < -0.4 is 10.6 Å². The van der Waals surface area contributed by atoms with Crippen LogP contribution in [-0.4, -0.2) is 21.1 Å². The van der Waals surface area contributed by atoms with Crippen LogP contribution >= 0.6 is 0 Å². The first kappa shape index (κ1) is 21.3. The minimum Gasteiger partial charge on any atom is -0.444 e. The van der Waals surface area contributed by atoms with Crippen molar-refractivity contribution in [1.82, 2.24) is 9.38 Å². The summed E-state index contributed by atoms with van der Waals surface area (Å²) in [5, 5.41) is 6.33. The van der Waals surface area contributed by atoms with Gasteiger partial charge in [0.05, 0.1) is 23.5 Å². The summed E-state index contributed by atoms with van der Waals surface area (Å²) in [5.74, 6) is 2.70. The zero-order valence-electron chi connectivity index (χ0n) is 18.2. The zero-order chi connectivity index (χ0) is 21.9. The first-order valence-corrected chi connectivity index (χ1v) is 9.92. The summed E-state index contributed by atoms with van der Waals surface area (Å²) in [5.41, 5.74) is 5.87. The summed E-state index contributed by atoms with van der Waals surface area (Å²) < 4.78 is 7.42. The average Bonchev–Trinajstić information content (AvgIpc) is 2.96. The molecule has 0 aliphatic rings. The van der Waals surface area contributed by atoms with E-state index < -0.39 is 11.7 Å². The predicted octanol–water partition coefficient (Wildman–Crippen LogP) is 5.09. The van der Waals surface area contributed by atoms with Crippen LogP contribution in [0.3, 0.4) is 0 Å². The third kappa shape index (κ3) is 4.74. The fourth-order valence-corrected chi connectivity index (χ4v) is 3.33. The molecule has 1 aromatic carbocycles. The molecule has 0 aliphatic heterocycles. The van der Waals surface area contributed by atoms with E-state index >= 15 is 0 Å². The van der Waals surface area contributed by atoms with Gasteiger partial charge < -0.3 is 14.5 Å². The van der Waals surface area contributed by atoms with Gasteiger partial charge in [-0.1, -0.05) is 12.1 Å². The van der Waals surface area contributed by atoms with Crippen molar-refractivity contribution < 1.29 is 9.53 Å². The number of amides is 1. The molecule has 2 aromatic heterocycles. The molecule has 6 nitrogen and oxygen atoms in total.